The fraction of sp³-hybridized carbons (Fsp3) is 0.0870. The summed E-state index contributed by atoms with van der Waals surface area (Å²) < 4.78 is 36.1. The van der Waals surface area contributed by atoms with Gasteiger partial charge in [-0.1, -0.05) is 24.3 Å². The molecule has 152 valence electrons. The summed E-state index contributed by atoms with van der Waals surface area (Å²) in [6.07, 6.45) is 0. The number of carbonyl (C=O) groups excluding carboxylic acids is 3. The lowest BCUT2D eigenvalue weighted by atomic mass is 10.0. The van der Waals surface area contributed by atoms with Crippen molar-refractivity contribution in [2.45, 2.75) is 6.92 Å². The van der Waals surface area contributed by atoms with Crippen molar-refractivity contribution in [3.8, 4) is 16.9 Å². The number of ketones is 1. The maximum Gasteiger partial charge on any atom is 0.338 e. The van der Waals surface area contributed by atoms with Crippen LogP contribution in [0.25, 0.3) is 11.1 Å². The highest BCUT2D eigenvalue weighted by molar-refractivity contribution is 5.99. The molecule has 0 aliphatic heterocycles. The second kappa shape index (κ2) is 9.09. The fourth-order valence-corrected chi connectivity index (χ4v) is 2.65. The van der Waals surface area contributed by atoms with E-state index < -0.39 is 36.0 Å². The standard InChI is InChI=1S/C23H16F2O5/c1-14(26)30-19-9-6-16(7-10-19)15-2-4-17(5-3-15)23(28)29-13-22(27)18-8-11-20(24)21(25)12-18/h2-12H,13H2,1H3. The van der Waals surface area contributed by atoms with Crippen LogP contribution < -0.4 is 4.74 Å². The molecular formula is C23H16F2O5. The minimum absolute atomic E-state index is 0.0887. The Morgan fingerprint density at radius 2 is 1.33 bits per heavy atom. The molecule has 0 fully saturated rings. The molecule has 0 aliphatic carbocycles. The third-order valence-electron chi connectivity index (χ3n) is 4.15. The van der Waals surface area contributed by atoms with Crippen molar-refractivity contribution < 1.29 is 32.6 Å². The Kier molecular flexibility index (Phi) is 6.32. The third-order valence-corrected chi connectivity index (χ3v) is 4.15. The molecule has 0 atom stereocenters. The van der Waals surface area contributed by atoms with Crippen LogP contribution in [0.15, 0.2) is 66.7 Å². The van der Waals surface area contributed by atoms with Gasteiger partial charge in [-0.3, -0.25) is 9.59 Å². The number of Topliss-reactive ketones (excluding diaryl/α,β-unsaturated/α-hetero) is 1. The van der Waals surface area contributed by atoms with Crippen LogP contribution in [-0.4, -0.2) is 24.3 Å². The van der Waals surface area contributed by atoms with Gasteiger partial charge in [0.15, 0.2) is 24.0 Å². The Balaban J connectivity index is 1.61. The minimum atomic E-state index is -1.15. The van der Waals surface area contributed by atoms with Crippen molar-refractivity contribution in [2.75, 3.05) is 6.61 Å². The first kappa shape index (κ1) is 20.9. The zero-order valence-corrected chi connectivity index (χ0v) is 15.9. The van der Waals surface area contributed by atoms with E-state index in [0.29, 0.717) is 5.75 Å². The second-order valence-corrected chi connectivity index (χ2v) is 6.32. The van der Waals surface area contributed by atoms with Gasteiger partial charge in [0.25, 0.3) is 0 Å². The van der Waals surface area contributed by atoms with Crippen molar-refractivity contribution in [3.05, 3.63) is 89.5 Å². The molecule has 0 heterocycles. The number of rotatable bonds is 6. The highest BCUT2D eigenvalue weighted by Crippen LogP contribution is 2.23. The molecule has 3 rings (SSSR count). The van der Waals surface area contributed by atoms with Crippen LogP contribution in [0.5, 0.6) is 5.75 Å². The van der Waals surface area contributed by atoms with Gasteiger partial charge in [0.2, 0.25) is 0 Å². The van der Waals surface area contributed by atoms with E-state index in [1.165, 1.54) is 6.92 Å². The summed E-state index contributed by atoms with van der Waals surface area (Å²) >= 11 is 0. The highest BCUT2D eigenvalue weighted by atomic mass is 19.2. The molecule has 0 bridgehead atoms. The third kappa shape index (κ3) is 5.14. The van der Waals surface area contributed by atoms with Gasteiger partial charge in [0.1, 0.15) is 5.75 Å². The summed E-state index contributed by atoms with van der Waals surface area (Å²) in [5.74, 6) is -3.56. The van der Waals surface area contributed by atoms with Gasteiger partial charge in [-0.15, -0.1) is 0 Å². The number of benzene rings is 3. The van der Waals surface area contributed by atoms with E-state index >= 15 is 0 Å². The van der Waals surface area contributed by atoms with E-state index in [0.717, 1.165) is 29.3 Å². The van der Waals surface area contributed by atoms with Gasteiger partial charge in [0, 0.05) is 12.5 Å². The van der Waals surface area contributed by atoms with Crippen molar-refractivity contribution in [1.29, 1.82) is 0 Å². The summed E-state index contributed by atoms with van der Waals surface area (Å²) in [5, 5.41) is 0. The van der Waals surface area contributed by atoms with Crippen LogP contribution in [0.3, 0.4) is 0 Å². The molecule has 5 nitrogen and oxygen atoms in total. The first-order valence-electron chi connectivity index (χ1n) is 8.88. The van der Waals surface area contributed by atoms with Crippen molar-refractivity contribution >= 4 is 17.7 Å². The first-order chi connectivity index (χ1) is 14.3. The molecule has 0 aliphatic rings. The van der Waals surface area contributed by atoms with Gasteiger partial charge < -0.3 is 9.47 Å². The van der Waals surface area contributed by atoms with Crippen LogP contribution in [-0.2, 0) is 9.53 Å². The molecule has 7 heteroatoms. The molecule has 0 saturated heterocycles. The quantitative estimate of drug-likeness (QED) is 0.338. The number of hydrogen-bond acceptors (Lipinski definition) is 5. The Hall–Kier alpha value is -3.87. The van der Waals surface area contributed by atoms with Gasteiger partial charge in [0.05, 0.1) is 5.56 Å². The monoisotopic (exact) mass is 410 g/mol. The second-order valence-electron chi connectivity index (χ2n) is 6.32. The summed E-state index contributed by atoms with van der Waals surface area (Å²) in [6, 6.07) is 16.1. The zero-order chi connectivity index (χ0) is 21.7. The normalized spacial score (nSPS) is 10.4. The van der Waals surface area contributed by atoms with Crippen molar-refractivity contribution in [3.63, 3.8) is 0 Å². The lowest BCUT2D eigenvalue weighted by Crippen LogP contribution is -2.14. The molecule has 0 unspecified atom stereocenters. The summed E-state index contributed by atoms with van der Waals surface area (Å²) in [4.78, 5) is 35.1. The molecule has 0 aromatic heterocycles. The van der Waals surface area contributed by atoms with Crippen molar-refractivity contribution in [2.24, 2.45) is 0 Å². The maximum atomic E-state index is 13.2. The zero-order valence-electron chi connectivity index (χ0n) is 15.9. The smallest absolute Gasteiger partial charge is 0.338 e. The SMILES string of the molecule is CC(=O)Oc1ccc(-c2ccc(C(=O)OCC(=O)c3ccc(F)c(F)c3)cc2)cc1. The van der Waals surface area contributed by atoms with Crippen LogP contribution in [0, 0.1) is 11.6 Å². The number of halogens is 2. The van der Waals surface area contributed by atoms with Crippen LogP contribution >= 0.6 is 0 Å². The number of esters is 2. The molecule has 0 saturated carbocycles. The van der Waals surface area contributed by atoms with Gasteiger partial charge in [-0.25, -0.2) is 13.6 Å². The van der Waals surface area contributed by atoms with Crippen LogP contribution in [0.4, 0.5) is 8.78 Å². The Labute approximate surface area is 170 Å². The van der Waals surface area contributed by atoms with E-state index in [1.54, 1.807) is 48.5 Å². The summed E-state index contributed by atoms with van der Waals surface area (Å²) in [6.45, 7) is 0.723. The summed E-state index contributed by atoms with van der Waals surface area (Å²) in [5.41, 5.74) is 1.81. The lowest BCUT2D eigenvalue weighted by molar-refractivity contribution is -0.131. The predicted molar refractivity (Wildman–Crippen MR) is 104 cm³/mol. The Morgan fingerprint density at radius 1 is 0.767 bits per heavy atom. The molecule has 0 spiro atoms. The van der Waals surface area contributed by atoms with Gasteiger partial charge in [-0.05, 0) is 53.6 Å². The first-order valence-corrected chi connectivity index (χ1v) is 8.88. The molecule has 30 heavy (non-hydrogen) atoms. The topological polar surface area (TPSA) is 69.7 Å². The molecule has 3 aromatic rings. The predicted octanol–water partition coefficient (Wildman–Crippen LogP) is 4.60. The van der Waals surface area contributed by atoms with Gasteiger partial charge in [-0.2, -0.15) is 0 Å². The highest BCUT2D eigenvalue weighted by Gasteiger charge is 2.14. The fourth-order valence-electron chi connectivity index (χ4n) is 2.65. The van der Waals surface area contributed by atoms with E-state index in [1.807, 2.05) is 0 Å². The molecular weight excluding hydrogens is 394 g/mol. The van der Waals surface area contributed by atoms with Crippen LogP contribution in [0.2, 0.25) is 0 Å². The lowest BCUT2D eigenvalue weighted by Gasteiger charge is -2.07. The largest absolute Gasteiger partial charge is 0.454 e. The van der Waals surface area contributed by atoms with E-state index in [-0.39, 0.29) is 11.1 Å². The number of carbonyl (C=O) groups is 3. The van der Waals surface area contributed by atoms with Crippen molar-refractivity contribution in [1.82, 2.24) is 0 Å². The minimum Gasteiger partial charge on any atom is -0.454 e. The molecule has 0 amide bonds. The average molecular weight is 410 g/mol. The van der Waals surface area contributed by atoms with E-state index in [9.17, 15) is 23.2 Å². The average Bonchev–Trinajstić information content (AvgIpc) is 2.74. The molecule has 0 N–H and O–H groups in total. The summed E-state index contributed by atoms with van der Waals surface area (Å²) in [7, 11) is 0. The van der Waals surface area contributed by atoms with Crippen LogP contribution in [0.1, 0.15) is 27.6 Å². The number of hydrogen-bond donors (Lipinski definition) is 0. The Morgan fingerprint density at radius 3 is 1.90 bits per heavy atom. The molecule has 3 aromatic carbocycles. The van der Waals surface area contributed by atoms with Gasteiger partial charge >= 0.3 is 11.9 Å². The van der Waals surface area contributed by atoms with E-state index in [2.05, 4.69) is 0 Å². The van der Waals surface area contributed by atoms with E-state index in [4.69, 9.17) is 9.47 Å². The Bertz CT molecular complexity index is 1090. The molecule has 0 radical (unpaired) electrons. The number of ether oxygens (including phenoxy) is 2. The maximum absolute atomic E-state index is 13.2.